The van der Waals surface area contributed by atoms with Crippen LogP contribution in [0.2, 0.25) is 0 Å². The van der Waals surface area contributed by atoms with Crippen molar-refractivity contribution in [3.63, 3.8) is 0 Å². The molecule has 6 heteroatoms. The summed E-state index contributed by atoms with van der Waals surface area (Å²) in [5, 5.41) is 0. The molecule has 2 atom stereocenters. The van der Waals surface area contributed by atoms with Gasteiger partial charge in [0.25, 0.3) is 0 Å². The Hall–Kier alpha value is -1.92. The number of carbonyl (C=O) groups is 2. The monoisotopic (exact) mass is 575 g/mol. The lowest BCUT2D eigenvalue weighted by Gasteiger charge is -2.33. The van der Waals surface area contributed by atoms with E-state index in [0.717, 1.165) is 18.7 Å². The number of hydrogen-bond donors (Lipinski definition) is 1. The topological polar surface area (TPSA) is 69.9 Å². The van der Waals surface area contributed by atoms with Crippen LogP contribution in [0.15, 0.2) is 18.2 Å². The van der Waals surface area contributed by atoms with E-state index >= 15 is 0 Å². The molecule has 2 N–H and O–H groups in total. The maximum Gasteiger partial charge on any atom is 0.222 e. The minimum absolute atomic E-state index is 0.293. The van der Waals surface area contributed by atoms with E-state index in [4.69, 9.17) is 0 Å². The lowest BCUT2D eigenvalue weighted by Crippen LogP contribution is -2.48. The molecule has 2 aliphatic heterocycles. The number of rotatable bonds is 4. The Morgan fingerprint density at radius 1 is 0.927 bits per heavy atom. The maximum absolute atomic E-state index is 12.1. The molecule has 1 unspecified atom stereocenters. The van der Waals surface area contributed by atoms with Crippen LogP contribution in [0.5, 0.6) is 0 Å². The fourth-order valence-electron chi connectivity index (χ4n) is 6.01. The molecule has 1 saturated carbocycles. The second-order valence-corrected chi connectivity index (χ2v) is 12.2. The third kappa shape index (κ3) is 13.3. The summed E-state index contributed by atoms with van der Waals surface area (Å²) in [7, 11) is 1.50. The van der Waals surface area contributed by atoms with Crippen molar-refractivity contribution in [2.45, 2.75) is 119 Å². The van der Waals surface area contributed by atoms with Crippen LogP contribution in [0.4, 0.5) is 0 Å². The second kappa shape index (κ2) is 20.9. The summed E-state index contributed by atoms with van der Waals surface area (Å²) in [5.74, 6) is 2.36. The molecule has 238 valence electrons. The highest BCUT2D eigenvalue weighted by Gasteiger charge is 2.36. The van der Waals surface area contributed by atoms with Gasteiger partial charge in [-0.1, -0.05) is 77.6 Å². The van der Waals surface area contributed by atoms with Crippen LogP contribution < -0.4 is 5.73 Å². The largest absolute Gasteiger partial charge is 0.342 e. The molecule has 0 bridgehead atoms. The molecule has 41 heavy (non-hydrogen) atoms. The molecule has 0 radical (unpaired) electrons. The Morgan fingerprint density at radius 3 is 1.95 bits per heavy atom. The molecular formula is C35H66N4O2. The van der Waals surface area contributed by atoms with E-state index in [0.29, 0.717) is 49.5 Å². The van der Waals surface area contributed by atoms with E-state index in [-0.39, 0.29) is 0 Å². The number of benzene rings is 1. The van der Waals surface area contributed by atoms with E-state index in [1.807, 2.05) is 32.6 Å². The Labute approximate surface area is 254 Å². The molecule has 3 fully saturated rings. The predicted molar refractivity (Wildman–Crippen MR) is 177 cm³/mol. The van der Waals surface area contributed by atoms with Gasteiger partial charge in [0.1, 0.15) is 0 Å². The van der Waals surface area contributed by atoms with Crippen LogP contribution in [-0.4, -0.2) is 78.9 Å². The lowest BCUT2D eigenvalue weighted by atomic mass is 9.86. The Kier molecular flexibility index (Phi) is 19.9. The Morgan fingerprint density at radius 2 is 1.49 bits per heavy atom. The zero-order valence-corrected chi connectivity index (χ0v) is 28.8. The van der Waals surface area contributed by atoms with E-state index in [1.54, 1.807) is 10.5 Å². The van der Waals surface area contributed by atoms with Crippen molar-refractivity contribution >= 4 is 12.3 Å². The first-order chi connectivity index (χ1) is 19.6. The number of carbonyl (C=O) groups excluding carboxylic acids is 2. The summed E-state index contributed by atoms with van der Waals surface area (Å²) in [6, 6.07) is 6.93. The molecule has 2 heterocycles. The maximum atomic E-state index is 12.1. The number of piperazine rings is 1. The van der Waals surface area contributed by atoms with Crippen molar-refractivity contribution in [3.05, 3.63) is 34.9 Å². The number of nitrogens with zero attached hydrogens (tertiary/aromatic N) is 3. The molecule has 1 aromatic rings. The normalized spacial score (nSPS) is 21.1. The Bertz CT molecular complexity index is 837. The molecule has 3 aliphatic rings. The summed E-state index contributed by atoms with van der Waals surface area (Å²) < 4.78 is 0. The number of aryl methyl sites for hydroxylation is 2. The zero-order chi connectivity index (χ0) is 31.6. The second-order valence-electron chi connectivity index (χ2n) is 12.2. The van der Waals surface area contributed by atoms with Gasteiger partial charge in [-0.3, -0.25) is 14.5 Å². The zero-order valence-electron chi connectivity index (χ0n) is 28.8. The van der Waals surface area contributed by atoms with Gasteiger partial charge in [-0.05, 0) is 77.5 Å². The summed E-state index contributed by atoms with van der Waals surface area (Å²) in [5.41, 5.74) is 9.18. The minimum atomic E-state index is 0.293. The van der Waals surface area contributed by atoms with E-state index in [1.165, 1.54) is 63.4 Å². The van der Waals surface area contributed by atoms with Crippen LogP contribution in [0, 0.1) is 25.7 Å². The van der Waals surface area contributed by atoms with Gasteiger partial charge in [0.05, 0.1) is 0 Å². The third-order valence-electron chi connectivity index (χ3n) is 8.39. The molecule has 1 aromatic carbocycles. The van der Waals surface area contributed by atoms with Gasteiger partial charge in [0.15, 0.2) is 0 Å². The van der Waals surface area contributed by atoms with E-state index < -0.39 is 0 Å². The first kappa shape index (κ1) is 39.1. The Balaban J connectivity index is 0.000000661. The number of likely N-dealkylation sites (tertiary alicyclic amines) is 1. The van der Waals surface area contributed by atoms with E-state index in [9.17, 15) is 9.59 Å². The highest BCUT2D eigenvalue weighted by molar-refractivity contribution is 5.76. The average molecular weight is 575 g/mol. The van der Waals surface area contributed by atoms with Gasteiger partial charge < -0.3 is 15.5 Å². The summed E-state index contributed by atoms with van der Waals surface area (Å²) in [4.78, 5) is 28.9. The highest BCUT2D eigenvalue weighted by Crippen LogP contribution is 2.37. The third-order valence-corrected chi connectivity index (χ3v) is 8.39. The van der Waals surface area contributed by atoms with Crippen molar-refractivity contribution < 1.29 is 9.59 Å². The number of nitrogens with two attached hydrogens (primary N) is 1. The van der Waals surface area contributed by atoms with Gasteiger partial charge in [0, 0.05) is 57.1 Å². The van der Waals surface area contributed by atoms with Gasteiger partial charge >= 0.3 is 0 Å². The molecule has 1 aliphatic carbocycles. The molecular weight excluding hydrogens is 508 g/mol. The van der Waals surface area contributed by atoms with Crippen LogP contribution >= 0.6 is 0 Å². The van der Waals surface area contributed by atoms with Gasteiger partial charge in [0.2, 0.25) is 12.3 Å². The minimum Gasteiger partial charge on any atom is -0.342 e. The smallest absolute Gasteiger partial charge is 0.222 e. The number of hydrogen-bond acceptors (Lipinski definition) is 4. The fourth-order valence-corrected chi connectivity index (χ4v) is 6.01. The fraction of sp³-hybridized carbons (Fsp3) is 0.771. The predicted octanol–water partition coefficient (Wildman–Crippen LogP) is 7.02. The standard InChI is InChI=1S/C17H27N.C13H22N2O2.2C2H6.CH5N/c1-12-7-8-15(13(2)9-12)16-11-18(10-14(16)3)17(4,5)6;16-11-14-6-8-15(9-7-14)13(17)10-12-4-2-1-3-5-12;3*1-2/h7-9,14,16H,10-11H2,1-6H3;11-12H,1-10H2;2*1-2H3;2H2,1H3/t14?,16-;;;;/m1..../s1. The summed E-state index contributed by atoms with van der Waals surface area (Å²) in [6.45, 7) is 27.0. The summed E-state index contributed by atoms with van der Waals surface area (Å²) in [6.07, 6.45) is 7.96. The van der Waals surface area contributed by atoms with E-state index in [2.05, 4.69) is 70.4 Å². The van der Waals surface area contributed by atoms with Crippen LogP contribution in [0.25, 0.3) is 0 Å². The van der Waals surface area contributed by atoms with Crippen molar-refractivity contribution in [1.29, 1.82) is 0 Å². The molecule has 0 spiro atoms. The first-order valence-corrected chi connectivity index (χ1v) is 16.5. The molecule has 2 amide bonds. The highest BCUT2D eigenvalue weighted by atomic mass is 16.2. The molecule has 2 saturated heterocycles. The van der Waals surface area contributed by atoms with Crippen molar-refractivity contribution in [2.75, 3.05) is 46.3 Å². The SMILES string of the molecule is CC.CC.CN.Cc1ccc([C@@H]2CN(C(C)(C)C)CC2C)c(C)c1.O=CN1CCN(C(=O)CC2CCCCC2)CC1. The number of amides is 2. The molecule has 4 rings (SSSR count). The average Bonchev–Trinajstić information content (AvgIpc) is 3.39. The van der Waals surface area contributed by atoms with Crippen LogP contribution in [0.3, 0.4) is 0 Å². The molecule has 0 aromatic heterocycles. The van der Waals surface area contributed by atoms with Gasteiger partial charge in [-0.2, -0.15) is 0 Å². The van der Waals surface area contributed by atoms with Gasteiger partial charge in [-0.25, -0.2) is 0 Å². The van der Waals surface area contributed by atoms with Crippen LogP contribution in [0.1, 0.15) is 117 Å². The van der Waals surface area contributed by atoms with Crippen molar-refractivity contribution in [3.8, 4) is 0 Å². The molecule has 6 nitrogen and oxygen atoms in total. The quantitative estimate of drug-likeness (QED) is 0.392. The van der Waals surface area contributed by atoms with Crippen molar-refractivity contribution in [2.24, 2.45) is 17.6 Å². The van der Waals surface area contributed by atoms with Crippen molar-refractivity contribution in [1.82, 2.24) is 14.7 Å². The van der Waals surface area contributed by atoms with Crippen LogP contribution in [-0.2, 0) is 9.59 Å². The summed E-state index contributed by atoms with van der Waals surface area (Å²) >= 11 is 0. The first-order valence-electron chi connectivity index (χ1n) is 16.5. The lowest BCUT2D eigenvalue weighted by molar-refractivity contribution is -0.136. The van der Waals surface area contributed by atoms with Gasteiger partial charge in [-0.15, -0.1) is 0 Å².